The molecule has 1 aliphatic heterocycles. The zero-order chi connectivity index (χ0) is 24.4. The van der Waals surface area contributed by atoms with Crippen LogP contribution in [-0.2, 0) is 5.41 Å². The van der Waals surface area contributed by atoms with Gasteiger partial charge < -0.3 is 10.0 Å². The average Bonchev–Trinajstić information content (AvgIpc) is 3.14. The number of anilines is 3. The Morgan fingerprint density at radius 2 is 1.34 bits per heavy atom. The molecule has 0 radical (unpaired) electrons. The molecule has 4 aromatic rings. The predicted molar refractivity (Wildman–Crippen MR) is 144 cm³/mol. The number of fused-ring (bicyclic) bond motifs is 1. The van der Waals surface area contributed by atoms with Crippen molar-refractivity contribution in [2.75, 3.05) is 4.90 Å². The first-order valence-electron chi connectivity index (χ1n) is 11.6. The number of allylic oxidation sites excluding steroid dienone is 1. The lowest BCUT2D eigenvalue weighted by Gasteiger charge is -2.25. The molecule has 5 rings (SSSR count). The Morgan fingerprint density at radius 1 is 0.771 bits per heavy atom. The molecule has 4 nitrogen and oxygen atoms in total. The van der Waals surface area contributed by atoms with Crippen molar-refractivity contribution in [3.63, 3.8) is 0 Å². The summed E-state index contributed by atoms with van der Waals surface area (Å²) in [6.45, 7) is 4.16. The summed E-state index contributed by atoms with van der Waals surface area (Å²) < 4.78 is 0. The fourth-order valence-corrected chi connectivity index (χ4v) is 4.43. The van der Waals surface area contributed by atoms with E-state index in [-0.39, 0.29) is 11.0 Å². The number of carboxylic acid groups (broad SMARTS) is 1. The van der Waals surface area contributed by atoms with Crippen LogP contribution in [0.1, 0.15) is 35.3 Å². The summed E-state index contributed by atoms with van der Waals surface area (Å²) in [6.07, 6.45) is 4.09. The molecule has 35 heavy (non-hydrogen) atoms. The monoisotopic (exact) mass is 458 g/mol. The molecule has 1 N–H and O–H groups in total. The molecule has 0 aliphatic carbocycles. The number of carbonyl (C=O) groups is 1. The van der Waals surface area contributed by atoms with E-state index in [0.717, 1.165) is 39.6 Å². The van der Waals surface area contributed by atoms with Crippen LogP contribution in [-0.4, -0.2) is 16.8 Å². The quantitative estimate of drug-likeness (QED) is 0.319. The van der Waals surface area contributed by atoms with Gasteiger partial charge >= 0.3 is 5.97 Å². The van der Waals surface area contributed by atoms with E-state index in [1.807, 2.05) is 42.5 Å². The van der Waals surface area contributed by atoms with Crippen molar-refractivity contribution in [3.05, 3.63) is 126 Å². The Morgan fingerprint density at radius 3 is 1.91 bits per heavy atom. The number of nitrogens with zero attached hydrogens (tertiary/aromatic N) is 2. The van der Waals surface area contributed by atoms with E-state index < -0.39 is 5.97 Å². The zero-order valence-electron chi connectivity index (χ0n) is 19.7. The van der Waals surface area contributed by atoms with Crippen LogP contribution in [0.4, 0.5) is 22.7 Å². The second-order valence-electron chi connectivity index (χ2n) is 9.09. The smallest absolute Gasteiger partial charge is 0.335 e. The van der Waals surface area contributed by atoms with Gasteiger partial charge in [0.1, 0.15) is 0 Å². The van der Waals surface area contributed by atoms with Gasteiger partial charge in [0.05, 0.1) is 17.0 Å². The molecular weight excluding hydrogens is 432 g/mol. The summed E-state index contributed by atoms with van der Waals surface area (Å²) in [5.74, 6) is -0.923. The number of carboxylic acids is 1. The first-order valence-corrected chi connectivity index (χ1v) is 11.6. The molecule has 0 aromatic heterocycles. The summed E-state index contributed by atoms with van der Waals surface area (Å²) in [6, 6.07) is 34.2. The highest BCUT2D eigenvalue weighted by Crippen LogP contribution is 2.41. The van der Waals surface area contributed by atoms with Gasteiger partial charge in [0.2, 0.25) is 0 Å². The van der Waals surface area contributed by atoms with Crippen molar-refractivity contribution in [2.24, 2.45) is 4.99 Å². The van der Waals surface area contributed by atoms with Crippen molar-refractivity contribution in [1.82, 2.24) is 0 Å². The van der Waals surface area contributed by atoms with Crippen LogP contribution in [0.15, 0.2) is 114 Å². The third-order valence-electron chi connectivity index (χ3n) is 6.41. The minimum Gasteiger partial charge on any atom is -0.478 e. The van der Waals surface area contributed by atoms with Crippen molar-refractivity contribution < 1.29 is 9.90 Å². The van der Waals surface area contributed by atoms with Gasteiger partial charge in [-0.3, -0.25) is 4.99 Å². The molecule has 4 heteroatoms. The lowest BCUT2D eigenvalue weighted by Crippen LogP contribution is -2.24. The lowest BCUT2D eigenvalue weighted by atomic mass is 9.80. The Balaban J connectivity index is 1.41. The van der Waals surface area contributed by atoms with Crippen LogP contribution in [0, 0.1) is 0 Å². The van der Waals surface area contributed by atoms with Crippen molar-refractivity contribution in [1.29, 1.82) is 0 Å². The Bertz CT molecular complexity index is 1380. The van der Waals surface area contributed by atoms with Crippen LogP contribution in [0.25, 0.3) is 6.08 Å². The van der Waals surface area contributed by atoms with Gasteiger partial charge in [-0.25, -0.2) is 4.79 Å². The Kier molecular flexibility index (Phi) is 5.79. The van der Waals surface area contributed by atoms with Crippen LogP contribution < -0.4 is 4.90 Å². The van der Waals surface area contributed by atoms with E-state index in [0.29, 0.717) is 0 Å². The number of rotatable bonds is 6. The minimum absolute atomic E-state index is 0.286. The highest BCUT2D eigenvalue weighted by Gasteiger charge is 2.34. The first kappa shape index (κ1) is 22.4. The van der Waals surface area contributed by atoms with Gasteiger partial charge in [0.15, 0.2) is 0 Å². The molecular formula is C31H26N2O2. The molecule has 0 fully saturated rings. The normalized spacial score (nSPS) is 13.9. The van der Waals surface area contributed by atoms with E-state index >= 15 is 0 Å². The maximum atomic E-state index is 11.4. The number of aliphatic imine (C=N–C) groups is 1. The maximum Gasteiger partial charge on any atom is 0.335 e. The lowest BCUT2D eigenvalue weighted by molar-refractivity contribution is 0.0697. The van der Waals surface area contributed by atoms with Gasteiger partial charge in [-0.15, -0.1) is 0 Å². The summed E-state index contributed by atoms with van der Waals surface area (Å²) >= 11 is 0. The Labute approximate surface area is 205 Å². The summed E-state index contributed by atoms with van der Waals surface area (Å²) in [7, 11) is 0. The summed E-state index contributed by atoms with van der Waals surface area (Å²) in [5, 5.41) is 9.36. The fraction of sp³-hybridized carbons (Fsp3) is 0.0968. The van der Waals surface area contributed by atoms with Gasteiger partial charge in [-0.2, -0.15) is 0 Å². The van der Waals surface area contributed by atoms with Crippen molar-refractivity contribution in [2.45, 2.75) is 19.3 Å². The topological polar surface area (TPSA) is 52.9 Å². The first-order chi connectivity index (χ1) is 16.9. The molecule has 172 valence electrons. The SMILES string of the molecule is CC1(C)C(/C=C/c2ccc(N(c3ccccc3)c3ccccc3)cc2)=Nc2ccc(C(=O)O)cc21. The molecule has 0 atom stereocenters. The van der Waals surface area contributed by atoms with E-state index in [1.165, 1.54) is 0 Å². The zero-order valence-corrected chi connectivity index (χ0v) is 19.7. The second kappa shape index (κ2) is 9.07. The molecule has 0 saturated carbocycles. The van der Waals surface area contributed by atoms with Crippen LogP contribution in [0.5, 0.6) is 0 Å². The van der Waals surface area contributed by atoms with Crippen LogP contribution >= 0.6 is 0 Å². The minimum atomic E-state index is -0.923. The van der Waals surface area contributed by atoms with E-state index in [4.69, 9.17) is 4.99 Å². The van der Waals surface area contributed by atoms with E-state index in [1.54, 1.807) is 18.2 Å². The van der Waals surface area contributed by atoms with Crippen molar-refractivity contribution >= 4 is 40.5 Å². The second-order valence-corrected chi connectivity index (χ2v) is 9.09. The molecule has 0 saturated heterocycles. The summed E-state index contributed by atoms with van der Waals surface area (Å²) in [5.41, 5.74) is 6.94. The number of aromatic carboxylic acids is 1. The molecule has 0 spiro atoms. The highest BCUT2D eigenvalue weighted by atomic mass is 16.4. The van der Waals surface area contributed by atoms with Gasteiger partial charge in [-0.05, 0) is 71.8 Å². The molecule has 0 bridgehead atoms. The number of benzene rings is 4. The molecule has 0 amide bonds. The van der Waals surface area contributed by atoms with Crippen molar-refractivity contribution in [3.8, 4) is 0 Å². The third kappa shape index (κ3) is 4.38. The maximum absolute atomic E-state index is 11.4. The van der Waals surface area contributed by atoms with Crippen LogP contribution in [0.3, 0.4) is 0 Å². The molecule has 1 heterocycles. The number of para-hydroxylation sites is 2. The fourth-order valence-electron chi connectivity index (χ4n) is 4.43. The number of hydrogen-bond acceptors (Lipinski definition) is 3. The van der Waals surface area contributed by atoms with Gasteiger partial charge in [-0.1, -0.05) is 68.5 Å². The predicted octanol–water partition coefficient (Wildman–Crippen LogP) is 7.93. The standard InChI is InChI=1S/C31H26N2O2/c1-31(2)27-21-23(30(34)35)16-19-28(27)32-29(31)20-15-22-13-17-26(18-14-22)33(24-9-5-3-6-10-24)25-11-7-4-8-12-25/h3-21H,1-2H3,(H,34,35)/b20-15+. The van der Waals surface area contributed by atoms with Gasteiger partial charge in [0, 0.05) is 22.5 Å². The largest absolute Gasteiger partial charge is 0.478 e. The molecule has 0 unspecified atom stereocenters. The van der Waals surface area contributed by atoms with Crippen LogP contribution in [0.2, 0.25) is 0 Å². The van der Waals surface area contributed by atoms with Gasteiger partial charge in [0.25, 0.3) is 0 Å². The average molecular weight is 459 g/mol. The molecule has 4 aromatic carbocycles. The number of hydrogen-bond donors (Lipinski definition) is 1. The summed E-state index contributed by atoms with van der Waals surface area (Å²) in [4.78, 5) is 18.4. The highest BCUT2D eigenvalue weighted by molar-refractivity contribution is 6.10. The van der Waals surface area contributed by atoms with E-state index in [2.05, 4.69) is 73.4 Å². The third-order valence-corrected chi connectivity index (χ3v) is 6.41. The van der Waals surface area contributed by atoms with E-state index in [9.17, 15) is 9.90 Å². The Hall–Kier alpha value is -4.44. The molecule has 1 aliphatic rings.